The van der Waals surface area contributed by atoms with E-state index in [4.69, 9.17) is 22.9 Å². The number of carboxylic acids is 2. The molecule has 0 spiro atoms. The number of amides is 15. The van der Waals surface area contributed by atoms with Gasteiger partial charge < -0.3 is 115 Å². The highest BCUT2D eigenvalue weighted by molar-refractivity contribution is 6.02. The number of rotatable bonds is 25. The third-order valence-corrected chi connectivity index (χ3v) is 25.0. The number of halogens is 1. The summed E-state index contributed by atoms with van der Waals surface area (Å²) in [5.74, 6) is -19.8. The van der Waals surface area contributed by atoms with E-state index in [0.29, 0.717) is 77.0 Å². The zero-order valence-electron chi connectivity index (χ0n) is 76.1. The molecule has 4 saturated heterocycles. The van der Waals surface area contributed by atoms with Gasteiger partial charge in [0.1, 0.15) is 84.9 Å². The molecule has 0 saturated carbocycles. The van der Waals surface area contributed by atoms with Crippen LogP contribution in [0.2, 0.25) is 0 Å². The van der Waals surface area contributed by atoms with Crippen molar-refractivity contribution >= 4 is 128 Å². The molecule has 15 atom stereocenters. The molecule has 40 nitrogen and oxygen atoms in total. The first-order valence-corrected chi connectivity index (χ1v) is 45.7. The molecule has 0 bridgehead atoms. The first-order valence-electron chi connectivity index (χ1n) is 45.7. The number of carbonyl (C=O) groups is 18. The molecule has 4 aliphatic heterocycles. The maximum Gasteiger partial charge on any atom is 0.323 e. The Balaban J connectivity index is 1.10. The average Bonchev–Trinajstić information content (AvgIpc) is 1.65. The number of H-pyrrole nitrogens is 1. The number of nitrogens with one attached hydrogen (secondary N) is 9. The normalized spacial score (nSPS) is 25.6. The molecule has 9 rings (SSSR count). The van der Waals surface area contributed by atoms with Crippen LogP contribution in [-0.4, -0.2) is 287 Å². The number of likely N-dealkylation sites (N-methyl/N-ethyl adjacent to an activating group) is 2. The first kappa shape index (κ1) is 104. The SMILES string of the molecule is CCCC[C@H]1C(=O)N(C)[C@@H](CCCC)C(=O)N[C@@H](CC(C)C)C(=O)N[C@H](C(N)=O)CCCC(=O)N[C@@H](Cc2ccc(F)cc2)C(=O)N2CCCC[C@H]2C(=O)N[C@@H](CC(N)=O)C(=O)N2CCC[C@H]2C(=O)N[C@@H](CN)C(=O)N[C@@H](CCC(=O)O)C(=O)N2C[C@H](O)C[C@H]2C(=O)C[C@@H](Cc2c[nH]c3ccccc23)C(=O)N[C@@H](CCN)C(=O)N[C@@H](Cc2cn(CC(=O)O)c3ccccc23)C(=O)N1C. The van der Waals surface area contributed by atoms with E-state index in [1.54, 1.807) is 68.6 Å². The second-order valence-electron chi connectivity index (χ2n) is 35.4. The number of unbranched alkanes of at least 4 members (excludes halogenated alkanes) is 2. The lowest BCUT2D eigenvalue weighted by molar-refractivity contribution is -0.149. The van der Waals surface area contributed by atoms with E-state index < -0.39 is 261 Å². The minimum absolute atomic E-state index is 0.00488. The Morgan fingerprint density at radius 1 is 0.526 bits per heavy atom. The maximum atomic E-state index is 15.9. The molecule has 3 aromatic carbocycles. The number of benzene rings is 3. The molecule has 15 amide bonds. The smallest absolute Gasteiger partial charge is 0.323 e. The molecule has 4 fully saturated rings. The van der Waals surface area contributed by atoms with Gasteiger partial charge >= 0.3 is 11.9 Å². The van der Waals surface area contributed by atoms with Crippen LogP contribution < -0.4 is 65.5 Å². The second-order valence-corrected chi connectivity index (χ2v) is 35.4. The van der Waals surface area contributed by atoms with Gasteiger partial charge in [-0.05, 0) is 137 Å². The van der Waals surface area contributed by atoms with Gasteiger partial charge in [-0.2, -0.15) is 0 Å². The Morgan fingerprint density at radius 3 is 1.74 bits per heavy atom. The number of primary amides is 2. The van der Waals surface area contributed by atoms with E-state index in [0.717, 1.165) is 26.8 Å². The lowest BCUT2D eigenvalue weighted by Crippen LogP contribution is -2.62. The third kappa shape index (κ3) is 28.1. The quantitative estimate of drug-likeness (QED) is 0.0364. The summed E-state index contributed by atoms with van der Waals surface area (Å²) in [5, 5.41) is 53.9. The number of para-hydroxylation sites is 2. The second kappa shape index (κ2) is 49.1. The van der Waals surface area contributed by atoms with Crippen molar-refractivity contribution in [2.24, 2.45) is 34.8 Å². The van der Waals surface area contributed by atoms with Gasteiger partial charge in [-0.25, -0.2) is 4.39 Å². The van der Waals surface area contributed by atoms with Crippen molar-refractivity contribution in [2.45, 2.75) is 273 Å². The summed E-state index contributed by atoms with van der Waals surface area (Å²) >= 11 is 0. The molecular weight excluding hydrogens is 1730 g/mol. The van der Waals surface area contributed by atoms with E-state index in [1.165, 1.54) is 46.8 Å². The number of hydrogen-bond acceptors (Lipinski definition) is 21. The standard InChI is InChI=1S/C92H128FN19O21/c1-7-9-23-70-85(126)103-64(39-51(3)4)83(124)100-61(80(97)121)22-17-28-77(116)99-65(40-52-29-31-56(93)32-30-52)90(131)110-37-16-15-26-71(110)86(127)105-67(45-76(96)115)91(132)111-38-18-27-72(111)87(128)106-68(46-95)84(125)102-63(33-34-78(117)118)89(130)112-49-57(113)44-74(112)75(114)43-53(41-54-47-98-60-21-13-11-19-58(54)60)81(122)101-62(35-36-94)82(123)104-66(88(129)108(6)73(24-10-8-2)92(133)107(70)5)42-55-48-109(50-79(119)120)69-25-14-12-20-59(55)69/h11-14,19-21,25,29-32,47-48,51,53,57,61-68,70-74,98,113H,7-10,15-18,22-24,26-28,33-46,49-50,94-95H2,1-6H3,(H2,96,115)(H2,97,121)(H,99,116)(H,100,124)(H,101,122)(H,102,125)(H,103,126)(H,104,123)(H,105,127)(H,106,128)(H,117,118)(H,119,120)/t53-,57-,61+,62+,63+,64+,65+,66+,67+,68+,70+,71+,72+,73+,74+/m1/s1. The Morgan fingerprint density at radius 2 is 1.10 bits per heavy atom. The minimum atomic E-state index is -1.82. The fourth-order valence-electron chi connectivity index (χ4n) is 18.0. The van der Waals surface area contributed by atoms with E-state index in [9.17, 15) is 67.7 Å². The predicted octanol–water partition coefficient (Wildman–Crippen LogP) is -0.0407. The Kier molecular flexibility index (Phi) is 38.4. The van der Waals surface area contributed by atoms with Crippen LogP contribution in [0.1, 0.15) is 179 Å². The van der Waals surface area contributed by atoms with Gasteiger partial charge in [0, 0.05) is 119 Å². The summed E-state index contributed by atoms with van der Waals surface area (Å²) < 4.78 is 15.9. The van der Waals surface area contributed by atoms with Gasteiger partial charge in [0.05, 0.1) is 18.6 Å². The van der Waals surface area contributed by atoms with Crippen molar-refractivity contribution in [3.8, 4) is 0 Å². The fourth-order valence-corrected chi connectivity index (χ4v) is 18.0. The zero-order valence-corrected chi connectivity index (χ0v) is 76.1. The van der Waals surface area contributed by atoms with Crippen molar-refractivity contribution in [3.05, 3.63) is 108 Å². The number of hydrogen-bond donors (Lipinski definition) is 16. The topological polar surface area (TPSA) is 605 Å². The van der Waals surface area contributed by atoms with Crippen molar-refractivity contribution < 1.29 is 106 Å². The molecular formula is C92H128FN19O21. The number of carboxylic acid groups (broad SMARTS) is 2. The van der Waals surface area contributed by atoms with Crippen molar-refractivity contribution in [1.29, 1.82) is 0 Å². The van der Waals surface area contributed by atoms with Crippen LogP contribution in [0.5, 0.6) is 0 Å². The van der Waals surface area contributed by atoms with Crippen LogP contribution in [0.3, 0.4) is 0 Å². The predicted molar refractivity (Wildman–Crippen MR) is 482 cm³/mol. The highest BCUT2D eigenvalue weighted by atomic mass is 19.1. The number of aromatic amines is 1. The van der Waals surface area contributed by atoms with Crippen molar-refractivity contribution in [1.82, 2.24) is 76.6 Å². The fraction of sp³-hybridized carbons (Fsp3) is 0.565. The Labute approximate surface area is 769 Å². The average molecular weight is 1860 g/mol. The largest absolute Gasteiger partial charge is 0.481 e. The number of aliphatic hydroxyl groups is 1. The van der Waals surface area contributed by atoms with Crippen LogP contribution in [0.25, 0.3) is 21.8 Å². The van der Waals surface area contributed by atoms with Crippen LogP contribution in [0.4, 0.5) is 4.39 Å². The molecule has 41 heteroatoms. The zero-order chi connectivity index (χ0) is 97.2. The highest BCUT2D eigenvalue weighted by Gasteiger charge is 2.47. The molecule has 5 aromatic rings. The summed E-state index contributed by atoms with van der Waals surface area (Å²) in [6.07, 6.45) is -1.18. The van der Waals surface area contributed by atoms with E-state index in [-0.39, 0.29) is 103 Å². The molecule has 724 valence electrons. The minimum Gasteiger partial charge on any atom is -0.481 e. The lowest BCUT2D eigenvalue weighted by Gasteiger charge is -2.38. The molecule has 133 heavy (non-hydrogen) atoms. The van der Waals surface area contributed by atoms with Crippen molar-refractivity contribution in [2.75, 3.05) is 46.8 Å². The number of nitrogens with two attached hydrogens (primary N) is 4. The van der Waals surface area contributed by atoms with E-state index >= 15 is 38.4 Å². The van der Waals surface area contributed by atoms with E-state index in [1.807, 2.05) is 13.8 Å². The molecule has 0 radical (unpaired) electrons. The molecule has 6 heterocycles. The van der Waals surface area contributed by atoms with Crippen LogP contribution in [0, 0.1) is 17.7 Å². The molecule has 2 aromatic heterocycles. The van der Waals surface area contributed by atoms with E-state index in [2.05, 4.69) is 47.5 Å². The summed E-state index contributed by atoms with van der Waals surface area (Å²) in [6, 6.07) is -1.25. The summed E-state index contributed by atoms with van der Waals surface area (Å²) in [7, 11) is 2.71. The monoisotopic (exact) mass is 1850 g/mol. The molecule has 20 N–H and O–H groups in total. The van der Waals surface area contributed by atoms with Gasteiger partial charge in [0.25, 0.3) is 0 Å². The first-order chi connectivity index (χ1) is 63.3. The summed E-state index contributed by atoms with van der Waals surface area (Å²) in [6.45, 7) is 4.97. The molecule has 0 unspecified atom stereocenters. The van der Waals surface area contributed by atoms with Crippen LogP contribution in [-0.2, 0) is 112 Å². The summed E-state index contributed by atoms with van der Waals surface area (Å²) in [4.78, 5) is 271. The number of ketones is 1. The van der Waals surface area contributed by atoms with Crippen molar-refractivity contribution in [3.63, 3.8) is 0 Å². The Bertz CT molecular complexity index is 5040. The number of aromatic nitrogens is 2. The third-order valence-electron chi connectivity index (χ3n) is 25.0. The van der Waals surface area contributed by atoms with Gasteiger partial charge in [-0.3, -0.25) is 86.3 Å². The lowest BCUT2D eigenvalue weighted by atomic mass is 9.90. The van der Waals surface area contributed by atoms with Gasteiger partial charge in [-0.1, -0.05) is 102 Å². The van der Waals surface area contributed by atoms with Gasteiger partial charge in [0.2, 0.25) is 88.6 Å². The number of carbonyl (C=O) groups excluding carboxylic acids is 16. The number of Topliss-reactive ketones (excluding diaryl/α,β-unsaturated/α-hetero) is 1. The number of aliphatic hydroxyl groups excluding tert-OH is 1. The number of piperidine rings is 1. The number of aliphatic carboxylic acids is 2. The highest BCUT2D eigenvalue weighted by Crippen LogP contribution is 2.31. The summed E-state index contributed by atoms with van der Waals surface area (Å²) in [5.41, 5.74) is 26.4. The molecule has 0 aliphatic carbocycles. The van der Waals surface area contributed by atoms with Crippen LogP contribution >= 0.6 is 0 Å². The number of fused-ring (bicyclic) bond motifs is 5. The van der Waals surface area contributed by atoms with Crippen LogP contribution in [0.15, 0.2) is 85.2 Å². The molecule has 4 aliphatic rings. The number of nitrogens with zero attached hydrogens (tertiary/aromatic N) is 6. The van der Waals surface area contributed by atoms with Gasteiger partial charge in [0.15, 0.2) is 5.78 Å². The Hall–Kier alpha value is -12.8. The van der Waals surface area contributed by atoms with Gasteiger partial charge in [-0.15, -0.1) is 0 Å². The maximum absolute atomic E-state index is 15.9.